The Hall–Kier alpha value is -3.13. The summed E-state index contributed by atoms with van der Waals surface area (Å²) in [4.78, 5) is 26.9. The lowest BCUT2D eigenvalue weighted by atomic mass is 10.0. The fourth-order valence-electron chi connectivity index (χ4n) is 3.99. The molecule has 1 atom stereocenters. The molecule has 3 aliphatic rings. The summed E-state index contributed by atoms with van der Waals surface area (Å²) >= 11 is 0. The molecule has 4 rings (SSSR count). The van der Waals surface area contributed by atoms with E-state index in [2.05, 4.69) is 21.2 Å². The molecule has 152 valence electrons. The molecule has 0 aromatic heterocycles. The van der Waals surface area contributed by atoms with E-state index < -0.39 is 5.97 Å². The van der Waals surface area contributed by atoms with Crippen LogP contribution in [0.25, 0.3) is 11.3 Å². The van der Waals surface area contributed by atoms with Gasteiger partial charge in [-0.25, -0.2) is 9.89 Å². The van der Waals surface area contributed by atoms with Crippen LogP contribution in [0.5, 0.6) is 5.75 Å². The van der Waals surface area contributed by atoms with Crippen molar-refractivity contribution >= 4 is 5.97 Å². The number of rotatable bonds is 6. The second kappa shape index (κ2) is 8.08. The minimum atomic E-state index is -0.519. The fourth-order valence-corrected chi connectivity index (χ4v) is 3.99. The molecule has 8 nitrogen and oxygen atoms in total. The average molecular weight is 396 g/mol. The Morgan fingerprint density at radius 1 is 1.24 bits per heavy atom. The van der Waals surface area contributed by atoms with Crippen LogP contribution in [-0.2, 0) is 11.3 Å². The molecule has 1 fully saturated rings. The number of hydrogen-bond acceptors (Lipinski definition) is 6. The van der Waals surface area contributed by atoms with Crippen LogP contribution in [0.3, 0.4) is 0 Å². The summed E-state index contributed by atoms with van der Waals surface area (Å²) in [6, 6.07) is 8.12. The Kier molecular flexibility index (Phi) is 5.35. The van der Waals surface area contributed by atoms with Crippen molar-refractivity contribution in [1.29, 1.82) is 0 Å². The van der Waals surface area contributed by atoms with Crippen molar-refractivity contribution in [3.8, 4) is 17.0 Å². The van der Waals surface area contributed by atoms with Gasteiger partial charge in [0.15, 0.2) is 0 Å². The zero-order valence-corrected chi connectivity index (χ0v) is 16.6. The van der Waals surface area contributed by atoms with E-state index in [1.54, 1.807) is 19.5 Å². The highest BCUT2D eigenvalue weighted by molar-refractivity contribution is 5.95. The molecular weight excluding hydrogens is 372 g/mol. The van der Waals surface area contributed by atoms with Gasteiger partial charge in [0, 0.05) is 18.9 Å². The standard InChI is InChI=1S/C21H24N4O4/c1-28-15-7-5-6-14(10-15)18(25-8-3-4-9-25)13-24-11-16-19(22-23-20(16)26)17(12-24)21(27)29-2/h5-7,10-12,18H,3-4,8-9,13H2,1-2H3,(H,23,26)/t18-/m0/s1. The number of fused-ring (bicyclic) bond motifs is 1. The van der Waals surface area contributed by atoms with E-state index in [0.717, 1.165) is 37.2 Å². The first-order chi connectivity index (χ1) is 14.1. The molecule has 0 radical (unpaired) electrons. The van der Waals surface area contributed by atoms with Crippen LogP contribution in [0.1, 0.15) is 34.8 Å². The number of nitrogens with zero attached hydrogens (tertiary/aromatic N) is 3. The second-order valence-electron chi connectivity index (χ2n) is 7.21. The number of carbonyl (C=O) groups excluding carboxylic acids is 1. The summed E-state index contributed by atoms with van der Waals surface area (Å²) in [6.45, 7) is 2.60. The van der Waals surface area contributed by atoms with E-state index in [0.29, 0.717) is 17.8 Å². The highest BCUT2D eigenvalue weighted by Gasteiger charge is 2.27. The lowest BCUT2D eigenvalue weighted by molar-refractivity contribution is 0.0600. The number of hydrogen-bond donors (Lipinski definition) is 1. The van der Waals surface area contributed by atoms with E-state index in [1.807, 2.05) is 22.8 Å². The summed E-state index contributed by atoms with van der Waals surface area (Å²) in [7, 11) is 2.98. The predicted octanol–water partition coefficient (Wildman–Crippen LogP) is 2.31. The SMILES string of the molecule is COC(=O)c1cn(C[C@@H](c2cccc(OC)c2)N2CCCC2)cc2c(=O)[nH]nc1-2. The first kappa shape index (κ1) is 19.2. The minimum absolute atomic E-state index is 0.0857. The number of carbonyl (C=O) groups is 1. The molecule has 0 spiro atoms. The van der Waals surface area contributed by atoms with Gasteiger partial charge in [-0.05, 0) is 43.6 Å². The van der Waals surface area contributed by atoms with E-state index in [9.17, 15) is 9.59 Å². The number of ether oxygens (including phenoxy) is 2. The lowest BCUT2D eigenvalue weighted by Gasteiger charge is -2.29. The second-order valence-corrected chi connectivity index (χ2v) is 7.21. The molecule has 0 unspecified atom stereocenters. The van der Waals surface area contributed by atoms with Gasteiger partial charge in [0.1, 0.15) is 17.0 Å². The third-order valence-corrected chi connectivity index (χ3v) is 5.46. The maximum absolute atomic E-state index is 12.3. The largest absolute Gasteiger partial charge is 0.497 e. The monoisotopic (exact) mass is 396 g/mol. The van der Waals surface area contributed by atoms with Crippen molar-refractivity contribution in [2.75, 3.05) is 27.3 Å². The smallest absolute Gasteiger partial charge is 0.341 e. The number of likely N-dealkylation sites (tertiary alicyclic amines) is 1. The normalized spacial score (nSPS) is 15.5. The highest BCUT2D eigenvalue weighted by atomic mass is 16.5. The van der Waals surface area contributed by atoms with Crippen LogP contribution >= 0.6 is 0 Å². The number of aromatic amines is 1. The number of benzene rings is 1. The number of pyridine rings is 1. The minimum Gasteiger partial charge on any atom is -0.497 e. The molecule has 1 N–H and O–H groups in total. The van der Waals surface area contributed by atoms with E-state index in [-0.39, 0.29) is 17.2 Å². The zero-order chi connectivity index (χ0) is 20.4. The van der Waals surface area contributed by atoms with Gasteiger partial charge in [0.2, 0.25) is 0 Å². The van der Waals surface area contributed by atoms with Gasteiger partial charge < -0.3 is 14.0 Å². The Labute approximate surface area is 168 Å². The summed E-state index contributed by atoms with van der Waals surface area (Å²) in [5.74, 6) is 0.286. The van der Waals surface area contributed by atoms with Crippen LogP contribution in [-0.4, -0.2) is 52.9 Å². The number of H-pyrrole nitrogens is 1. The molecule has 0 bridgehead atoms. The van der Waals surface area contributed by atoms with Crippen molar-refractivity contribution in [2.24, 2.45) is 0 Å². The predicted molar refractivity (Wildman–Crippen MR) is 107 cm³/mol. The van der Waals surface area contributed by atoms with Crippen molar-refractivity contribution in [3.63, 3.8) is 0 Å². The molecule has 1 aromatic carbocycles. The van der Waals surface area contributed by atoms with Crippen LogP contribution in [0.4, 0.5) is 0 Å². The molecule has 0 amide bonds. The summed E-state index contributed by atoms with van der Waals surface area (Å²) in [6.07, 6.45) is 5.77. The van der Waals surface area contributed by atoms with Gasteiger partial charge in [0.25, 0.3) is 5.56 Å². The highest BCUT2D eigenvalue weighted by Crippen LogP contribution is 2.30. The third-order valence-electron chi connectivity index (χ3n) is 5.46. The van der Waals surface area contributed by atoms with Gasteiger partial charge in [0.05, 0.1) is 25.8 Å². The molecule has 1 saturated heterocycles. The van der Waals surface area contributed by atoms with Crippen molar-refractivity contribution in [2.45, 2.75) is 25.4 Å². The number of nitrogens with one attached hydrogen (secondary N) is 1. The lowest BCUT2D eigenvalue weighted by Crippen LogP contribution is -2.29. The fraction of sp³-hybridized carbons (Fsp3) is 0.381. The molecule has 3 heterocycles. The maximum atomic E-state index is 12.3. The van der Waals surface area contributed by atoms with E-state index >= 15 is 0 Å². The van der Waals surface area contributed by atoms with Crippen LogP contribution < -0.4 is 10.3 Å². The summed E-state index contributed by atoms with van der Waals surface area (Å²) in [5, 5.41) is 6.41. The van der Waals surface area contributed by atoms with Gasteiger partial charge in [-0.3, -0.25) is 9.69 Å². The van der Waals surface area contributed by atoms with E-state index in [4.69, 9.17) is 9.47 Å². The molecule has 1 aromatic rings. The zero-order valence-electron chi connectivity index (χ0n) is 16.6. The summed E-state index contributed by atoms with van der Waals surface area (Å²) < 4.78 is 12.2. The van der Waals surface area contributed by atoms with Crippen molar-refractivity contribution in [1.82, 2.24) is 19.7 Å². The number of esters is 1. The first-order valence-electron chi connectivity index (χ1n) is 9.65. The quantitative estimate of drug-likeness (QED) is 0.643. The molecule has 3 aliphatic heterocycles. The Morgan fingerprint density at radius 2 is 2.03 bits per heavy atom. The molecule has 8 heteroatoms. The van der Waals surface area contributed by atoms with E-state index in [1.165, 1.54) is 7.11 Å². The van der Waals surface area contributed by atoms with Crippen LogP contribution in [0.2, 0.25) is 0 Å². The van der Waals surface area contributed by atoms with Crippen LogP contribution in [0, 0.1) is 0 Å². The average Bonchev–Trinajstić information content (AvgIpc) is 3.41. The van der Waals surface area contributed by atoms with Gasteiger partial charge in [-0.1, -0.05) is 12.1 Å². The Morgan fingerprint density at radius 3 is 2.76 bits per heavy atom. The number of methoxy groups -OCH3 is 2. The molecule has 0 saturated carbocycles. The molecular formula is C21H24N4O4. The van der Waals surface area contributed by atoms with Crippen molar-refractivity contribution < 1.29 is 14.3 Å². The van der Waals surface area contributed by atoms with Gasteiger partial charge >= 0.3 is 5.97 Å². The molecule has 0 aliphatic carbocycles. The van der Waals surface area contributed by atoms with Crippen molar-refractivity contribution in [3.05, 3.63) is 58.1 Å². The summed E-state index contributed by atoms with van der Waals surface area (Å²) in [5.41, 5.74) is 1.79. The number of aromatic nitrogens is 3. The molecule has 29 heavy (non-hydrogen) atoms. The van der Waals surface area contributed by atoms with Crippen LogP contribution in [0.15, 0.2) is 41.5 Å². The Bertz CT molecular complexity index is 1040. The third kappa shape index (κ3) is 3.75. The first-order valence-corrected chi connectivity index (χ1v) is 9.65. The van der Waals surface area contributed by atoms with Gasteiger partial charge in [-0.15, -0.1) is 0 Å². The maximum Gasteiger partial charge on any atom is 0.341 e. The Balaban J connectivity index is 1.76. The topological polar surface area (TPSA) is 89.5 Å². The van der Waals surface area contributed by atoms with Gasteiger partial charge in [-0.2, -0.15) is 5.10 Å².